The first-order chi connectivity index (χ1) is 9.54. The minimum absolute atomic E-state index is 0.213. The maximum atomic E-state index is 10.7. The number of urea groups is 1. The van der Waals surface area contributed by atoms with Gasteiger partial charge in [-0.2, -0.15) is 0 Å². The number of hydrogen-bond donors (Lipinski definition) is 3. The smallest absolute Gasteiger partial charge is 0.316 e. The van der Waals surface area contributed by atoms with E-state index in [1.807, 2.05) is 24.3 Å². The van der Waals surface area contributed by atoms with Crippen molar-refractivity contribution in [1.29, 1.82) is 0 Å². The molecule has 0 aliphatic rings. The van der Waals surface area contributed by atoms with Crippen molar-refractivity contribution in [3.8, 4) is 0 Å². The molecule has 2 amide bonds. The second kappa shape index (κ2) is 6.10. The lowest BCUT2D eigenvalue weighted by molar-refractivity contribution is 0.259. The predicted octanol–water partition coefficient (Wildman–Crippen LogP) is 3.66. The summed E-state index contributed by atoms with van der Waals surface area (Å²) >= 11 is 0. The maximum Gasteiger partial charge on any atom is 0.316 e. The molecular formula is C16H19N3O. The van der Waals surface area contributed by atoms with Gasteiger partial charge in [0.25, 0.3) is 0 Å². The van der Waals surface area contributed by atoms with E-state index in [2.05, 4.69) is 48.7 Å². The highest BCUT2D eigenvalue weighted by Gasteiger charge is 2.05. The first-order valence-electron chi connectivity index (χ1n) is 6.54. The van der Waals surface area contributed by atoms with Crippen molar-refractivity contribution in [2.75, 3.05) is 10.6 Å². The third kappa shape index (κ3) is 3.75. The standard InChI is InChI=1S/C16H19N3O/c1-11-3-5-13(6-4-11)12(2)18-14-7-9-15(10-8-14)19-16(17)20/h3-10,12,18H,1-2H3,(H3,17,19,20). The molecule has 4 nitrogen and oxygen atoms in total. The number of carbonyl (C=O) groups is 1. The third-order valence-electron chi connectivity index (χ3n) is 3.11. The fourth-order valence-corrected chi connectivity index (χ4v) is 1.98. The first kappa shape index (κ1) is 13.9. The molecule has 0 aromatic heterocycles. The first-order valence-corrected chi connectivity index (χ1v) is 6.54. The Kier molecular flexibility index (Phi) is 4.25. The van der Waals surface area contributed by atoms with E-state index >= 15 is 0 Å². The van der Waals surface area contributed by atoms with Gasteiger partial charge in [0, 0.05) is 17.4 Å². The molecule has 0 heterocycles. The van der Waals surface area contributed by atoms with E-state index in [9.17, 15) is 4.79 Å². The van der Waals surface area contributed by atoms with E-state index in [0.717, 1.165) is 5.69 Å². The largest absolute Gasteiger partial charge is 0.379 e. The summed E-state index contributed by atoms with van der Waals surface area (Å²) in [4.78, 5) is 10.7. The van der Waals surface area contributed by atoms with E-state index in [1.165, 1.54) is 11.1 Å². The fraction of sp³-hybridized carbons (Fsp3) is 0.188. The highest BCUT2D eigenvalue weighted by Crippen LogP contribution is 2.21. The number of benzene rings is 2. The Hall–Kier alpha value is -2.49. The topological polar surface area (TPSA) is 67.2 Å². The van der Waals surface area contributed by atoms with Crippen molar-refractivity contribution in [3.63, 3.8) is 0 Å². The SMILES string of the molecule is Cc1ccc(C(C)Nc2ccc(NC(N)=O)cc2)cc1. The summed E-state index contributed by atoms with van der Waals surface area (Å²) in [7, 11) is 0. The molecule has 2 rings (SSSR count). The summed E-state index contributed by atoms with van der Waals surface area (Å²) in [6.07, 6.45) is 0. The highest BCUT2D eigenvalue weighted by molar-refractivity contribution is 5.87. The molecule has 2 aromatic rings. The Balaban J connectivity index is 2.02. The average molecular weight is 269 g/mol. The van der Waals surface area contributed by atoms with Gasteiger partial charge in [-0.3, -0.25) is 0 Å². The van der Waals surface area contributed by atoms with Crippen LogP contribution in [0.25, 0.3) is 0 Å². The van der Waals surface area contributed by atoms with Crippen LogP contribution in [0.2, 0.25) is 0 Å². The van der Waals surface area contributed by atoms with Crippen molar-refractivity contribution < 1.29 is 4.79 Å². The van der Waals surface area contributed by atoms with Crippen molar-refractivity contribution in [3.05, 3.63) is 59.7 Å². The second-order valence-electron chi connectivity index (χ2n) is 4.84. The number of aryl methyl sites for hydroxylation is 1. The highest BCUT2D eigenvalue weighted by atomic mass is 16.2. The van der Waals surface area contributed by atoms with Gasteiger partial charge in [-0.05, 0) is 43.7 Å². The molecule has 0 spiro atoms. The van der Waals surface area contributed by atoms with Crippen LogP contribution in [0, 0.1) is 6.92 Å². The van der Waals surface area contributed by atoms with Crippen LogP contribution in [-0.2, 0) is 0 Å². The molecule has 0 aliphatic carbocycles. The van der Waals surface area contributed by atoms with Crippen LogP contribution in [-0.4, -0.2) is 6.03 Å². The van der Waals surface area contributed by atoms with Gasteiger partial charge in [0.1, 0.15) is 0 Å². The van der Waals surface area contributed by atoms with Crippen LogP contribution in [0.1, 0.15) is 24.1 Å². The molecule has 4 heteroatoms. The zero-order valence-electron chi connectivity index (χ0n) is 11.7. The van der Waals surface area contributed by atoms with Crippen molar-refractivity contribution in [1.82, 2.24) is 0 Å². The molecule has 20 heavy (non-hydrogen) atoms. The van der Waals surface area contributed by atoms with Crippen LogP contribution < -0.4 is 16.4 Å². The normalized spacial score (nSPS) is 11.7. The molecule has 1 unspecified atom stereocenters. The number of carbonyl (C=O) groups excluding carboxylic acids is 1. The van der Waals surface area contributed by atoms with Crippen LogP contribution in [0.3, 0.4) is 0 Å². The molecule has 0 radical (unpaired) electrons. The molecule has 0 saturated heterocycles. The minimum Gasteiger partial charge on any atom is -0.379 e. The molecule has 1 atom stereocenters. The summed E-state index contributed by atoms with van der Waals surface area (Å²) in [5, 5.41) is 5.95. The fourth-order valence-electron chi connectivity index (χ4n) is 1.98. The number of nitrogens with one attached hydrogen (secondary N) is 2. The minimum atomic E-state index is -0.557. The van der Waals surface area contributed by atoms with E-state index < -0.39 is 6.03 Å². The number of anilines is 2. The van der Waals surface area contributed by atoms with E-state index in [0.29, 0.717) is 5.69 Å². The van der Waals surface area contributed by atoms with Gasteiger partial charge in [0.2, 0.25) is 0 Å². The Labute approximate surface area is 119 Å². The zero-order valence-corrected chi connectivity index (χ0v) is 11.7. The lowest BCUT2D eigenvalue weighted by Crippen LogP contribution is -2.19. The summed E-state index contributed by atoms with van der Waals surface area (Å²) in [6.45, 7) is 4.19. The number of nitrogens with two attached hydrogens (primary N) is 1. The average Bonchev–Trinajstić information content (AvgIpc) is 2.41. The maximum absolute atomic E-state index is 10.7. The quantitative estimate of drug-likeness (QED) is 0.793. The second-order valence-corrected chi connectivity index (χ2v) is 4.84. The Morgan fingerprint density at radius 2 is 1.55 bits per heavy atom. The van der Waals surface area contributed by atoms with E-state index in [4.69, 9.17) is 5.73 Å². The number of hydrogen-bond acceptors (Lipinski definition) is 2. The predicted molar refractivity (Wildman–Crippen MR) is 82.9 cm³/mol. The van der Waals surface area contributed by atoms with Gasteiger partial charge in [-0.25, -0.2) is 4.79 Å². The van der Waals surface area contributed by atoms with E-state index in [-0.39, 0.29) is 6.04 Å². The summed E-state index contributed by atoms with van der Waals surface area (Å²) < 4.78 is 0. The van der Waals surface area contributed by atoms with E-state index in [1.54, 1.807) is 0 Å². The zero-order chi connectivity index (χ0) is 14.5. The van der Waals surface area contributed by atoms with Gasteiger partial charge < -0.3 is 16.4 Å². The van der Waals surface area contributed by atoms with Gasteiger partial charge in [0.05, 0.1) is 0 Å². The summed E-state index contributed by atoms with van der Waals surface area (Å²) in [5.41, 5.74) is 9.23. The van der Waals surface area contributed by atoms with Crippen molar-refractivity contribution in [2.45, 2.75) is 19.9 Å². The molecule has 4 N–H and O–H groups in total. The van der Waals surface area contributed by atoms with Crippen molar-refractivity contribution >= 4 is 17.4 Å². The van der Waals surface area contributed by atoms with Crippen molar-refractivity contribution in [2.24, 2.45) is 5.73 Å². The number of primary amides is 1. The molecular weight excluding hydrogens is 250 g/mol. The van der Waals surface area contributed by atoms with Crippen LogP contribution in [0.15, 0.2) is 48.5 Å². The summed E-state index contributed by atoms with van der Waals surface area (Å²) in [6, 6.07) is 15.6. The third-order valence-corrected chi connectivity index (χ3v) is 3.11. The molecule has 0 fully saturated rings. The van der Waals surface area contributed by atoms with Gasteiger partial charge in [-0.1, -0.05) is 29.8 Å². The summed E-state index contributed by atoms with van der Waals surface area (Å²) in [5.74, 6) is 0. The monoisotopic (exact) mass is 269 g/mol. The van der Waals surface area contributed by atoms with Crippen LogP contribution in [0.4, 0.5) is 16.2 Å². The molecule has 104 valence electrons. The Morgan fingerprint density at radius 1 is 1.00 bits per heavy atom. The Bertz CT molecular complexity index is 576. The molecule has 0 aliphatic heterocycles. The van der Waals surface area contributed by atoms with Crippen LogP contribution in [0.5, 0.6) is 0 Å². The van der Waals surface area contributed by atoms with Gasteiger partial charge in [-0.15, -0.1) is 0 Å². The Morgan fingerprint density at radius 3 is 2.10 bits per heavy atom. The molecule has 0 bridgehead atoms. The van der Waals surface area contributed by atoms with Crippen LogP contribution >= 0.6 is 0 Å². The number of amides is 2. The lowest BCUT2D eigenvalue weighted by Gasteiger charge is -2.16. The van der Waals surface area contributed by atoms with Gasteiger partial charge in [0.15, 0.2) is 0 Å². The molecule has 2 aromatic carbocycles. The number of rotatable bonds is 4. The lowest BCUT2D eigenvalue weighted by atomic mass is 10.1. The van der Waals surface area contributed by atoms with Gasteiger partial charge >= 0.3 is 6.03 Å². The molecule has 0 saturated carbocycles.